The minimum atomic E-state index is -1.05. The van der Waals surface area contributed by atoms with Crippen LogP contribution >= 0.6 is 15.9 Å². The molecule has 1 aliphatic rings. The van der Waals surface area contributed by atoms with E-state index in [-0.39, 0.29) is 36.9 Å². The Morgan fingerprint density at radius 3 is 2.73 bits per heavy atom. The highest BCUT2D eigenvalue weighted by molar-refractivity contribution is 9.10. The third-order valence-corrected chi connectivity index (χ3v) is 5.21. The van der Waals surface area contributed by atoms with Crippen molar-refractivity contribution in [3.63, 3.8) is 0 Å². The number of anilines is 1. The van der Waals surface area contributed by atoms with Crippen LogP contribution < -0.4 is 5.32 Å². The predicted octanol–water partition coefficient (Wildman–Crippen LogP) is 2.93. The largest absolute Gasteiger partial charge is 0.464 e. The lowest BCUT2D eigenvalue weighted by atomic mass is 9.80. The zero-order chi connectivity index (χ0) is 19.5. The molecule has 0 bridgehead atoms. The van der Waals surface area contributed by atoms with E-state index in [2.05, 4.69) is 21.2 Å². The van der Waals surface area contributed by atoms with Gasteiger partial charge >= 0.3 is 5.97 Å². The molecule has 0 spiro atoms. The highest BCUT2D eigenvalue weighted by Crippen LogP contribution is 2.40. The van der Waals surface area contributed by atoms with Crippen LogP contribution in [0.3, 0.4) is 0 Å². The number of ketones is 1. The summed E-state index contributed by atoms with van der Waals surface area (Å²) in [5, 5.41) is 2.52. The number of carbonyl (C=O) groups excluding carboxylic acids is 3. The third kappa shape index (κ3) is 4.29. The number of alkyl halides is 1. The van der Waals surface area contributed by atoms with Crippen LogP contribution in [0.15, 0.2) is 6.07 Å². The van der Waals surface area contributed by atoms with Crippen LogP contribution in [0.4, 0.5) is 10.1 Å². The van der Waals surface area contributed by atoms with Crippen molar-refractivity contribution in [2.24, 2.45) is 0 Å². The minimum absolute atomic E-state index is 0.0416. The van der Waals surface area contributed by atoms with Gasteiger partial charge in [-0.25, -0.2) is 9.18 Å². The molecule has 0 radical (unpaired) electrons. The molecule has 142 valence electrons. The maximum Gasteiger partial charge on any atom is 0.332 e. The number of ether oxygens (including phenoxy) is 2. The van der Waals surface area contributed by atoms with Crippen LogP contribution in [-0.4, -0.2) is 41.8 Å². The van der Waals surface area contributed by atoms with Gasteiger partial charge in [0.1, 0.15) is 16.7 Å². The zero-order valence-corrected chi connectivity index (χ0v) is 16.5. The summed E-state index contributed by atoms with van der Waals surface area (Å²) in [6.45, 7) is 4.54. The highest BCUT2D eigenvalue weighted by atomic mass is 79.9. The zero-order valence-electron chi connectivity index (χ0n) is 14.9. The van der Waals surface area contributed by atoms with E-state index in [0.717, 1.165) is 6.07 Å². The summed E-state index contributed by atoms with van der Waals surface area (Å²) in [4.78, 5) is 35.9. The van der Waals surface area contributed by atoms with Crippen LogP contribution in [0.2, 0.25) is 0 Å². The second kappa shape index (κ2) is 8.26. The number of hydrogen-bond acceptors (Lipinski definition) is 5. The average molecular weight is 430 g/mol. The van der Waals surface area contributed by atoms with Crippen molar-refractivity contribution >= 4 is 39.3 Å². The molecule has 1 aromatic rings. The molecule has 1 amide bonds. The van der Waals surface area contributed by atoms with Crippen molar-refractivity contribution in [1.29, 1.82) is 0 Å². The molecule has 6 nitrogen and oxygen atoms in total. The summed E-state index contributed by atoms with van der Waals surface area (Å²) < 4.78 is 23.2. The smallest absolute Gasteiger partial charge is 0.332 e. The SMILES string of the molecule is CCOC(=O)COCC1(Br)CCc2c(C)c(F)cc(NC(C)=O)c2C1=O. The van der Waals surface area contributed by atoms with E-state index in [1.807, 2.05) is 0 Å². The van der Waals surface area contributed by atoms with Gasteiger partial charge in [-0.05, 0) is 43.9 Å². The van der Waals surface area contributed by atoms with Gasteiger partial charge in [-0.3, -0.25) is 9.59 Å². The number of carbonyl (C=O) groups is 3. The minimum Gasteiger partial charge on any atom is -0.464 e. The second-order valence-electron chi connectivity index (χ2n) is 6.16. The molecule has 1 aliphatic carbocycles. The Labute approximate surface area is 159 Å². The molecule has 1 atom stereocenters. The summed E-state index contributed by atoms with van der Waals surface area (Å²) in [5.41, 5.74) is 1.40. The van der Waals surface area contributed by atoms with Crippen molar-refractivity contribution in [2.75, 3.05) is 25.1 Å². The first-order valence-electron chi connectivity index (χ1n) is 8.26. The van der Waals surface area contributed by atoms with Gasteiger partial charge in [0, 0.05) is 12.5 Å². The maximum absolute atomic E-state index is 14.2. The van der Waals surface area contributed by atoms with Gasteiger partial charge < -0.3 is 14.8 Å². The van der Waals surface area contributed by atoms with Gasteiger partial charge in [0.15, 0.2) is 5.78 Å². The molecule has 1 N–H and O–H groups in total. The van der Waals surface area contributed by atoms with Crippen molar-refractivity contribution in [3.05, 3.63) is 28.6 Å². The topological polar surface area (TPSA) is 81.7 Å². The Kier molecular flexibility index (Phi) is 6.52. The lowest BCUT2D eigenvalue weighted by Crippen LogP contribution is -2.42. The Bertz CT molecular complexity index is 752. The Morgan fingerprint density at radius 2 is 2.12 bits per heavy atom. The number of halogens is 2. The van der Waals surface area contributed by atoms with Gasteiger partial charge in [-0.2, -0.15) is 0 Å². The number of hydrogen-bond donors (Lipinski definition) is 1. The summed E-state index contributed by atoms with van der Waals surface area (Å²) >= 11 is 3.43. The molecular formula is C18H21BrFNO5. The molecule has 0 saturated carbocycles. The lowest BCUT2D eigenvalue weighted by Gasteiger charge is -2.33. The summed E-state index contributed by atoms with van der Waals surface area (Å²) in [6.07, 6.45) is 0.816. The van der Waals surface area contributed by atoms with Gasteiger partial charge in [0.05, 0.1) is 18.9 Å². The summed E-state index contributed by atoms with van der Waals surface area (Å²) in [6, 6.07) is 1.16. The first-order valence-corrected chi connectivity index (χ1v) is 9.05. The van der Waals surface area contributed by atoms with E-state index in [1.165, 1.54) is 6.92 Å². The van der Waals surface area contributed by atoms with Gasteiger partial charge in [0.2, 0.25) is 5.91 Å². The van der Waals surface area contributed by atoms with Gasteiger partial charge in [-0.15, -0.1) is 0 Å². The van der Waals surface area contributed by atoms with Gasteiger partial charge in [0.25, 0.3) is 0 Å². The maximum atomic E-state index is 14.2. The standard InChI is InChI=1S/C18H21BrFNO5/c1-4-26-15(23)8-25-9-18(19)6-5-12-10(2)13(20)7-14(21-11(3)22)16(12)17(18)24/h7H,4-6,8-9H2,1-3H3,(H,21,22). The van der Waals surface area contributed by atoms with Crippen LogP contribution in [0, 0.1) is 12.7 Å². The average Bonchev–Trinajstić information content (AvgIpc) is 2.55. The number of benzene rings is 1. The van der Waals surface area contributed by atoms with E-state index < -0.39 is 22.0 Å². The number of fused-ring (bicyclic) bond motifs is 1. The molecule has 1 aromatic carbocycles. The number of amides is 1. The molecule has 0 saturated heterocycles. The first kappa shape index (κ1) is 20.5. The molecule has 0 fully saturated rings. The lowest BCUT2D eigenvalue weighted by molar-refractivity contribution is -0.148. The van der Waals surface area contributed by atoms with Crippen molar-refractivity contribution < 1.29 is 28.2 Å². The number of rotatable bonds is 6. The van der Waals surface area contributed by atoms with E-state index in [4.69, 9.17) is 9.47 Å². The Hall–Kier alpha value is -1.80. The van der Waals surface area contributed by atoms with Crippen LogP contribution in [0.5, 0.6) is 0 Å². The highest BCUT2D eigenvalue weighted by Gasteiger charge is 2.43. The van der Waals surface area contributed by atoms with Crippen LogP contribution in [-0.2, 0) is 25.5 Å². The third-order valence-electron chi connectivity index (χ3n) is 4.23. The number of nitrogens with one attached hydrogen (secondary N) is 1. The number of esters is 1. The van der Waals surface area contributed by atoms with Crippen LogP contribution in [0.25, 0.3) is 0 Å². The Balaban J connectivity index is 2.28. The molecule has 0 aliphatic heterocycles. The molecule has 26 heavy (non-hydrogen) atoms. The van der Waals surface area contributed by atoms with Gasteiger partial charge in [-0.1, -0.05) is 15.9 Å². The molecule has 0 aromatic heterocycles. The van der Waals surface area contributed by atoms with Crippen molar-refractivity contribution in [1.82, 2.24) is 0 Å². The molecule has 2 rings (SSSR count). The fourth-order valence-corrected chi connectivity index (χ4v) is 3.52. The quantitative estimate of drug-likeness (QED) is 0.555. The van der Waals surface area contributed by atoms with Crippen molar-refractivity contribution in [3.8, 4) is 0 Å². The van der Waals surface area contributed by atoms with E-state index in [1.54, 1.807) is 13.8 Å². The molecule has 8 heteroatoms. The van der Waals surface area contributed by atoms with E-state index >= 15 is 0 Å². The first-order chi connectivity index (χ1) is 12.2. The molecule has 0 heterocycles. The molecular weight excluding hydrogens is 409 g/mol. The fourth-order valence-electron chi connectivity index (χ4n) is 2.96. The predicted molar refractivity (Wildman–Crippen MR) is 97.2 cm³/mol. The van der Waals surface area contributed by atoms with Crippen molar-refractivity contribution in [2.45, 2.75) is 37.9 Å². The molecule has 1 unspecified atom stereocenters. The normalized spacial score (nSPS) is 19.0. The monoisotopic (exact) mass is 429 g/mol. The number of Topliss-reactive ketones (excluding diaryl/α,β-unsaturated/α-hetero) is 1. The second-order valence-corrected chi connectivity index (χ2v) is 7.68. The fraction of sp³-hybridized carbons (Fsp3) is 0.500. The summed E-state index contributed by atoms with van der Waals surface area (Å²) in [5.74, 6) is -1.69. The summed E-state index contributed by atoms with van der Waals surface area (Å²) in [7, 11) is 0. The van der Waals surface area contributed by atoms with E-state index in [9.17, 15) is 18.8 Å². The van der Waals surface area contributed by atoms with Crippen LogP contribution in [0.1, 0.15) is 41.8 Å². The Morgan fingerprint density at radius 1 is 1.42 bits per heavy atom. The van der Waals surface area contributed by atoms with E-state index in [0.29, 0.717) is 24.0 Å².